The van der Waals surface area contributed by atoms with Gasteiger partial charge in [-0.1, -0.05) is 71.4 Å². The molecule has 0 radical (unpaired) electrons. The van der Waals surface area contributed by atoms with Crippen molar-refractivity contribution < 1.29 is 85.0 Å². The molecule has 490 valence electrons. The first-order valence-electron chi connectivity index (χ1n) is 30.1. The molecule has 2 saturated heterocycles. The minimum atomic E-state index is -3.51. The number of carbonyl (C=O) groups is 7. The van der Waals surface area contributed by atoms with Gasteiger partial charge in [-0.05, 0) is 50.0 Å². The second-order valence-corrected chi connectivity index (χ2v) is 24.5. The Labute approximate surface area is 513 Å². The lowest BCUT2D eigenvalue weighted by molar-refractivity contribution is -0.150. The zero-order chi connectivity index (χ0) is 64.1. The van der Waals surface area contributed by atoms with Crippen LogP contribution < -0.4 is 16.0 Å². The molecule has 1 aromatic heterocycles. The van der Waals surface area contributed by atoms with Crippen molar-refractivity contribution in [1.82, 2.24) is 40.6 Å². The van der Waals surface area contributed by atoms with Crippen LogP contribution in [0.25, 0.3) is 0 Å². The second-order valence-electron chi connectivity index (χ2n) is 22.5. The number of hydrogen-bond acceptors (Lipinski definition) is 19. The Bertz CT molecular complexity index is 2570. The van der Waals surface area contributed by atoms with Gasteiger partial charge in [0.1, 0.15) is 23.3 Å². The third-order valence-corrected chi connectivity index (χ3v) is 16.9. The van der Waals surface area contributed by atoms with Gasteiger partial charge in [-0.25, -0.2) is 23.2 Å². The molecule has 0 bridgehead atoms. The number of carboxylic acids is 1. The van der Waals surface area contributed by atoms with E-state index >= 15 is 0 Å². The van der Waals surface area contributed by atoms with Gasteiger partial charge in [0.25, 0.3) is 5.91 Å². The highest BCUT2D eigenvalue weighted by Crippen LogP contribution is 2.32. The maximum atomic E-state index is 14.7. The lowest BCUT2D eigenvalue weighted by Gasteiger charge is -2.41. The van der Waals surface area contributed by atoms with Gasteiger partial charge in [0, 0.05) is 53.6 Å². The Morgan fingerprint density at radius 2 is 1.36 bits per heavy atom. The predicted octanol–water partition coefficient (Wildman–Crippen LogP) is 2.35. The average Bonchev–Trinajstić information content (AvgIpc) is 1.91. The number of carbonyl (C=O) groups excluding carboxylic acids is 6. The van der Waals surface area contributed by atoms with Crippen LogP contribution in [0.15, 0.2) is 47.8 Å². The molecule has 7 unspecified atom stereocenters. The highest BCUT2D eigenvalue weighted by atomic mass is 32.2. The van der Waals surface area contributed by atoms with Gasteiger partial charge < -0.3 is 73.7 Å². The fourth-order valence-electron chi connectivity index (χ4n) is 10.7. The number of methoxy groups -OCH3 is 2. The van der Waals surface area contributed by atoms with Gasteiger partial charge in [-0.15, -0.1) is 0 Å². The number of benzene rings is 1. The zero-order valence-corrected chi connectivity index (χ0v) is 53.3. The van der Waals surface area contributed by atoms with Gasteiger partial charge >= 0.3 is 5.97 Å². The summed E-state index contributed by atoms with van der Waals surface area (Å²) in [7, 11) is 1.13. The molecule has 0 spiro atoms. The number of sulfone groups is 1. The molecular weight excluding hydrogens is 1150 g/mol. The summed E-state index contributed by atoms with van der Waals surface area (Å²) in [4.78, 5) is 108. The Morgan fingerprint density at radius 1 is 0.770 bits per heavy atom. The van der Waals surface area contributed by atoms with E-state index in [0.717, 1.165) is 24.2 Å². The van der Waals surface area contributed by atoms with Crippen LogP contribution in [0.1, 0.15) is 103 Å². The smallest absolute Gasteiger partial charge is 0.326 e. The van der Waals surface area contributed by atoms with Gasteiger partial charge in [0.05, 0.1) is 135 Å². The number of aromatic nitrogens is 2. The van der Waals surface area contributed by atoms with Crippen molar-refractivity contribution in [1.29, 1.82) is 0 Å². The third kappa shape index (κ3) is 23.3. The quantitative estimate of drug-likeness (QED) is 0.0693. The zero-order valence-electron chi connectivity index (χ0n) is 52.5. The van der Waals surface area contributed by atoms with Gasteiger partial charge in [0.2, 0.25) is 29.5 Å². The van der Waals surface area contributed by atoms with Crippen LogP contribution in [0.2, 0.25) is 0 Å². The summed E-state index contributed by atoms with van der Waals surface area (Å²) in [6.07, 6.45) is 4.56. The number of carboxylic acid groups (broad SMARTS) is 1. The van der Waals surface area contributed by atoms with Crippen molar-refractivity contribution in [2.24, 2.45) is 17.8 Å². The van der Waals surface area contributed by atoms with Crippen LogP contribution in [0.3, 0.4) is 0 Å². The predicted molar refractivity (Wildman–Crippen MR) is 319 cm³/mol. The lowest BCUT2D eigenvalue weighted by atomic mass is 9.89. The normalized spacial score (nSPS) is 18.5. The van der Waals surface area contributed by atoms with E-state index in [0.29, 0.717) is 98.0 Å². The number of hydrogen-bond donors (Lipinski definition) is 4. The number of likely N-dealkylation sites (tertiary alicyclic amines) is 2. The molecule has 4 N–H and O–H groups in total. The molecular formula is C60H96N8O18S. The number of amides is 6. The fourth-order valence-corrected chi connectivity index (χ4v) is 11.2. The van der Waals surface area contributed by atoms with Crippen molar-refractivity contribution in [3.8, 4) is 0 Å². The molecule has 2 fully saturated rings. The molecule has 0 aliphatic carbocycles. The molecule has 0 saturated carbocycles. The summed E-state index contributed by atoms with van der Waals surface area (Å²) in [5, 5.41) is 18.1. The Hall–Kier alpha value is -5.78. The summed E-state index contributed by atoms with van der Waals surface area (Å²) in [5.41, 5.74) is -0.463. The largest absolute Gasteiger partial charge is 0.480 e. The summed E-state index contributed by atoms with van der Waals surface area (Å²) in [6, 6.07) is 5.81. The molecule has 27 heteroatoms. The van der Waals surface area contributed by atoms with Gasteiger partial charge in [-0.2, -0.15) is 0 Å². The first kappa shape index (κ1) is 73.7. The first-order chi connectivity index (χ1) is 41.5. The summed E-state index contributed by atoms with van der Waals surface area (Å²) >= 11 is 0. The third-order valence-electron chi connectivity index (χ3n) is 15.9. The maximum absolute atomic E-state index is 14.7. The standard InChI is InChI=1S/C60H96N8O18S/c1-11-42(4)53(48(79-8)38-51(70)67-23-15-19-47(67)54(80-9)43(5)55(71)64-45(58(74)75)37-44-17-13-12-14-18-44)66(7)57(73)52(41(2)3)65-59(76)60(6)21-16-24-68(60)50(69)20-25-81-27-29-83-31-33-85-35-36-86-34-32-84-30-28-82-26-22-61-56(72)46-39-63-49(40-62-46)87(10,77)78/h12-14,17-18,39-43,45,47-48,52-54H,11,15-16,19-38H2,1-10H3,(H,61,72)(H,64,71)(H,65,76)(H,74,75)/t42?,43?,45?,47-,48?,52?,53?,54?,60-/m0/s1. The van der Waals surface area contributed by atoms with E-state index < -0.39 is 81.4 Å². The van der Waals surface area contributed by atoms with Crippen molar-refractivity contribution in [2.75, 3.05) is 126 Å². The molecule has 4 rings (SSSR count). The number of ether oxygens (including phenoxy) is 8. The van der Waals surface area contributed by atoms with E-state index in [4.69, 9.17) is 37.9 Å². The Kier molecular flexibility index (Phi) is 32.1. The maximum Gasteiger partial charge on any atom is 0.326 e. The van der Waals surface area contributed by atoms with E-state index in [1.54, 1.807) is 59.9 Å². The number of nitrogens with zero attached hydrogens (tertiary/aromatic N) is 5. The molecule has 26 nitrogen and oxygen atoms in total. The molecule has 87 heavy (non-hydrogen) atoms. The van der Waals surface area contributed by atoms with Crippen LogP contribution in [-0.2, 0) is 82.9 Å². The van der Waals surface area contributed by atoms with Gasteiger partial charge in [0.15, 0.2) is 14.9 Å². The molecule has 2 aliphatic rings. The number of nitrogens with one attached hydrogen (secondary N) is 3. The summed E-state index contributed by atoms with van der Waals surface area (Å²) in [6.45, 7) is 15.7. The Morgan fingerprint density at radius 3 is 1.87 bits per heavy atom. The monoisotopic (exact) mass is 1250 g/mol. The molecule has 1 aromatic carbocycles. The van der Waals surface area contributed by atoms with Gasteiger partial charge in [-0.3, -0.25) is 28.8 Å². The molecule has 9 atom stereocenters. The summed E-state index contributed by atoms with van der Waals surface area (Å²) < 4.78 is 68.2. The van der Waals surface area contributed by atoms with E-state index in [9.17, 15) is 47.1 Å². The number of likely N-dealkylation sites (N-methyl/N-ethyl adjacent to an activating group) is 1. The molecule has 2 aliphatic heterocycles. The minimum Gasteiger partial charge on any atom is -0.480 e. The Balaban J connectivity index is 1.14. The average molecular weight is 1250 g/mol. The lowest BCUT2D eigenvalue weighted by Crippen LogP contribution is -2.62. The van der Waals surface area contributed by atoms with E-state index in [2.05, 4.69) is 25.9 Å². The SMILES string of the molecule is CCC(C)C(C(CC(=O)N1CCC[C@H]1C(OC)C(C)C(=O)NC(Cc1ccccc1)C(=O)O)OC)N(C)C(=O)C(NC(=O)[C@]1(C)CCCN1C(=O)CCOCCOCCOCCOCCOCCOCCNC(=O)c1cnc(S(C)(=O)=O)cn1)C(C)C. The van der Waals surface area contributed by atoms with Crippen LogP contribution >= 0.6 is 0 Å². The number of rotatable bonds is 42. The topological polar surface area (TPSA) is 319 Å². The minimum absolute atomic E-state index is 0.00698. The van der Waals surface area contributed by atoms with Crippen LogP contribution in [0.4, 0.5) is 0 Å². The second kappa shape index (κ2) is 37.9. The van der Waals surface area contributed by atoms with E-state index in [1.807, 2.05) is 33.8 Å². The highest BCUT2D eigenvalue weighted by Gasteiger charge is 2.48. The van der Waals surface area contributed by atoms with Crippen molar-refractivity contribution in [3.05, 3.63) is 54.0 Å². The molecule has 6 amide bonds. The fraction of sp³-hybridized carbons (Fsp3) is 0.717. The van der Waals surface area contributed by atoms with E-state index in [-0.39, 0.29) is 92.5 Å². The van der Waals surface area contributed by atoms with E-state index in [1.165, 1.54) is 14.2 Å². The summed E-state index contributed by atoms with van der Waals surface area (Å²) in [5.74, 6) is -4.77. The van der Waals surface area contributed by atoms with Crippen LogP contribution in [0.5, 0.6) is 0 Å². The van der Waals surface area contributed by atoms with Crippen molar-refractivity contribution in [2.45, 2.75) is 140 Å². The van der Waals surface area contributed by atoms with Crippen molar-refractivity contribution >= 4 is 51.2 Å². The number of aliphatic carboxylic acids is 1. The highest BCUT2D eigenvalue weighted by molar-refractivity contribution is 7.90. The first-order valence-corrected chi connectivity index (χ1v) is 32.0. The van der Waals surface area contributed by atoms with Crippen molar-refractivity contribution in [3.63, 3.8) is 0 Å². The molecule has 3 heterocycles. The van der Waals surface area contributed by atoms with Crippen LogP contribution in [-0.4, -0.2) is 248 Å². The molecule has 2 aromatic rings. The van der Waals surface area contributed by atoms with Crippen LogP contribution in [0, 0.1) is 17.8 Å².